The van der Waals surface area contributed by atoms with Crippen LogP contribution in [0.25, 0.3) is 10.9 Å². The molecule has 1 heterocycles. The Bertz CT molecular complexity index is 654. The van der Waals surface area contributed by atoms with E-state index >= 15 is 0 Å². The van der Waals surface area contributed by atoms with Gasteiger partial charge in [0.2, 0.25) is 0 Å². The largest absolute Gasteiger partial charge is 0.398 e. The molecule has 2 unspecified atom stereocenters. The number of pyridine rings is 1. The summed E-state index contributed by atoms with van der Waals surface area (Å²) in [5, 5.41) is 20.3. The lowest BCUT2D eigenvalue weighted by Crippen LogP contribution is -2.31. The highest BCUT2D eigenvalue weighted by Gasteiger charge is 2.35. The van der Waals surface area contributed by atoms with Crippen LogP contribution >= 0.6 is 0 Å². The number of fused-ring (bicyclic) bond motifs is 2. The van der Waals surface area contributed by atoms with Crippen LogP contribution < -0.4 is 5.73 Å². The van der Waals surface area contributed by atoms with E-state index in [-0.39, 0.29) is 23.5 Å². The van der Waals surface area contributed by atoms with Gasteiger partial charge in [-0.25, -0.2) is 4.98 Å². The molecular formula is C13H12N2O3. The van der Waals surface area contributed by atoms with Gasteiger partial charge in [-0.2, -0.15) is 0 Å². The highest BCUT2D eigenvalue weighted by molar-refractivity contribution is 6.04. The molecule has 5 nitrogen and oxygen atoms in total. The molecular weight excluding hydrogens is 232 g/mol. The second kappa shape index (κ2) is 3.76. The molecule has 0 aliphatic heterocycles. The third-order valence-corrected chi connectivity index (χ3v) is 3.29. The third-order valence-electron chi connectivity index (χ3n) is 3.29. The summed E-state index contributed by atoms with van der Waals surface area (Å²) in [6.45, 7) is 0. The van der Waals surface area contributed by atoms with E-state index in [9.17, 15) is 15.0 Å². The zero-order valence-corrected chi connectivity index (χ0v) is 9.50. The van der Waals surface area contributed by atoms with Gasteiger partial charge in [0.05, 0.1) is 11.6 Å². The Morgan fingerprint density at radius 1 is 1.28 bits per heavy atom. The first-order valence-electron chi connectivity index (χ1n) is 5.67. The van der Waals surface area contributed by atoms with Crippen molar-refractivity contribution >= 4 is 22.4 Å². The summed E-state index contributed by atoms with van der Waals surface area (Å²) in [6.07, 6.45) is -2.40. The van der Waals surface area contributed by atoms with Crippen LogP contribution in [0.3, 0.4) is 0 Å². The van der Waals surface area contributed by atoms with Crippen molar-refractivity contribution in [1.29, 1.82) is 0 Å². The molecule has 1 aromatic carbocycles. The number of Topliss-reactive ketones (excluding diaryl/α,β-unsaturated/α-hetero) is 1. The summed E-state index contributed by atoms with van der Waals surface area (Å²) >= 11 is 0. The second-order valence-corrected chi connectivity index (χ2v) is 4.44. The van der Waals surface area contributed by atoms with Crippen molar-refractivity contribution in [3.8, 4) is 0 Å². The number of benzene rings is 1. The molecule has 0 saturated carbocycles. The Labute approximate surface area is 103 Å². The molecule has 4 N–H and O–H groups in total. The van der Waals surface area contributed by atoms with E-state index in [1.54, 1.807) is 24.3 Å². The normalized spacial score (nSPS) is 23.1. The average molecular weight is 244 g/mol. The molecule has 1 aliphatic rings. The summed E-state index contributed by atoms with van der Waals surface area (Å²) in [5.41, 5.74) is 7.34. The molecule has 2 atom stereocenters. The maximum Gasteiger partial charge on any atom is 0.184 e. The number of para-hydroxylation sites is 1. The Morgan fingerprint density at radius 2 is 2.00 bits per heavy atom. The number of hydrogen-bond acceptors (Lipinski definition) is 5. The van der Waals surface area contributed by atoms with E-state index in [2.05, 4.69) is 4.98 Å². The molecule has 0 amide bonds. The van der Waals surface area contributed by atoms with Crippen molar-refractivity contribution in [3.05, 3.63) is 35.5 Å². The van der Waals surface area contributed by atoms with E-state index in [4.69, 9.17) is 5.73 Å². The third kappa shape index (κ3) is 1.41. The summed E-state index contributed by atoms with van der Waals surface area (Å²) in [4.78, 5) is 16.1. The SMILES string of the molecule is Nc1c2c(nc3ccccc13)C(=O)CC(O)C2O. The molecule has 0 saturated heterocycles. The number of carbonyl (C=O) groups excluding carboxylic acids is 1. The van der Waals surface area contributed by atoms with Crippen molar-refractivity contribution < 1.29 is 15.0 Å². The number of anilines is 1. The molecule has 18 heavy (non-hydrogen) atoms. The predicted molar refractivity (Wildman–Crippen MR) is 66.1 cm³/mol. The zero-order chi connectivity index (χ0) is 12.9. The van der Waals surface area contributed by atoms with Gasteiger partial charge < -0.3 is 15.9 Å². The quantitative estimate of drug-likeness (QED) is 0.637. The maximum absolute atomic E-state index is 11.8. The van der Waals surface area contributed by atoms with E-state index in [0.717, 1.165) is 0 Å². The Hall–Kier alpha value is -1.98. The highest BCUT2D eigenvalue weighted by Crippen LogP contribution is 2.36. The lowest BCUT2D eigenvalue weighted by molar-refractivity contribution is 0.00867. The van der Waals surface area contributed by atoms with Gasteiger partial charge in [0.1, 0.15) is 11.8 Å². The molecule has 0 fully saturated rings. The predicted octanol–water partition coefficient (Wildman–Crippen LogP) is 0.798. The average Bonchev–Trinajstić information content (AvgIpc) is 2.36. The first-order chi connectivity index (χ1) is 8.59. The number of carbonyl (C=O) groups is 1. The minimum atomic E-state index is -1.16. The van der Waals surface area contributed by atoms with E-state index in [1.165, 1.54) is 0 Å². The topological polar surface area (TPSA) is 96.4 Å². The Morgan fingerprint density at radius 3 is 2.78 bits per heavy atom. The summed E-state index contributed by atoms with van der Waals surface area (Å²) in [5.74, 6) is -0.291. The van der Waals surface area contributed by atoms with E-state index in [0.29, 0.717) is 16.6 Å². The van der Waals surface area contributed by atoms with Gasteiger partial charge in [-0.05, 0) is 6.07 Å². The molecule has 0 spiro atoms. The van der Waals surface area contributed by atoms with Crippen molar-refractivity contribution in [2.75, 3.05) is 5.73 Å². The van der Waals surface area contributed by atoms with Gasteiger partial charge in [0, 0.05) is 23.1 Å². The van der Waals surface area contributed by atoms with E-state index < -0.39 is 12.2 Å². The molecule has 92 valence electrons. The number of nitrogens with two attached hydrogens (primary N) is 1. The van der Waals surface area contributed by atoms with Crippen LogP contribution in [0.4, 0.5) is 5.69 Å². The molecule has 0 radical (unpaired) electrons. The smallest absolute Gasteiger partial charge is 0.184 e. The molecule has 5 heteroatoms. The summed E-state index contributed by atoms with van der Waals surface area (Å²) in [6, 6.07) is 7.15. The first-order valence-corrected chi connectivity index (χ1v) is 5.67. The zero-order valence-electron chi connectivity index (χ0n) is 9.50. The minimum absolute atomic E-state index is 0.126. The fraction of sp³-hybridized carbons (Fsp3) is 0.231. The monoisotopic (exact) mass is 244 g/mol. The van der Waals surface area contributed by atoms with Crippen LogP contribution in [0.5, 0.6) is 0 Å². The number of aliphatic hydroxyl groups is 2. The number of rotatable bonds is 0. The number of ketones is 1. The highest BCUT2D eigenvalue weighted by atomic mass is 16.3. The van der Waals surface area contributed by atoms with Gasteiger partial charge in [-0.15, -0.1) is 0 Å². The van der Waals surface area contributed by atoms with Gasteiger partial charge >= 0.3 is 0 Å². The Kier molecular flexibility index (Phi) is 2.33. The minimum Gasteiger partial charge on any atom is -0.398 e. The summed E-state index contributed by atoms with van der Waals surface area (Å²) in [7, 11) is 0. The number of nitrogen functional groups attached to an aromatic ring is 1. The van der Waals surface area contributed by atoms with Gasteiger partial charge in [0.25, 0.3) is 0 Å². The van der Waals surface area contributed by atoms with Crippen molar-refractivity contribution in [2.45, 2.75) is 18.6 Å². The van der Waals surface area contributed by atoms with Crippen LogP contribution in [0.2, 0.25) is 0 Å². The second-order valence-electron chi connectivity index (χ2n) is 4.44. The first kappa shape index (κ1) is 11.1. The van der Waals surface area contributed by atoms with Crippen molar-refractivity contribution in [1.82, 2.24) is 4.98 Å². The lowest BCUT2D eigenvalue weighted by Gasteiger charge is -2.26. The molecule has 3 rings (SSSR count). The van der Waals surface area contributed by atoms with E-state index in [1.807, 2.05) is 0 Å². The number of nitrogens with zero attached hydrogens (tertiary/aromatic N) is 1. The molecule has 1 aromatic heterocycles. The van der Waals surface area contributed by atoms with Crippen LogP contribution in [-0.2, 0) is 0 Å². The van der Waals surface area contributed by atoms with Crippen LogP contribution in [-0.4, -0.2) is 27.1 Å². The van der Waals surface area contributed by atoms with Gasteiger partial charge in [0.15, 0.2) is 5.78 Å². The van der Waals surface area contributed by atoms with Crippen molar-refractivity contribution in [2.24, 2.45) is 0 Å². The maximum atomic E-state index is 11.8. The Balaban J connectivity index is 2.39. The fourth-order valence-corrected chi connectivity index (χ4v) is 2.35. The fourth-order valence-electron chi connectivity index (χ4n) is 2.35. The van der Waals surface area contributed by atoms with Crippen LogP contribution in [0.1, 0.15) is 28.6 Å². The standard InChI is InChI=1S/C13H12N2O3/c14-11-6-3-1-2-4-7(6)15-12-8(16)5-9(17)13(18)10(11)12/h1-4,9,13,17-18H,5H2,(H2,14,15). The van der Waals surface area contributed by atoms with Crippen LogP contribution in [0, 0.1) is 0 Å². The molecule has 1 aliphatic carbocycles. The van der Waals surface area contributed by atoms with Crippen LogP contribution in [0.15, 0.2) is 24.3 Å². The number of aliphatic hydroxyl groups excluding tert-OH is 2. The van der Waals surface area contributed by atoms with Gasteiger partial charge in [-0.1, -0.05) is 18.2 Å². The number of hydrogen-bond donors (Lipinski definition) is 3. The summed E-state index contributed by atoms with van der Waals surface area (Å²) < 4.78 is 0. The molecule has 2 aromatic rings. The van der Waals surface area contributed by atoms with Gasteiger partial charge in [-0.3, -0.25) is 4.79 Å². The lowest BCUT2D eigenvalue weighted by atomic mass is 9.87. The van der Waals surface area contributed by atoms with Crippen molar-refractivity contribution in [3.63, 3.8) is 0 Å². The number of aromatic nitrogens is 1. The molecule has 0 bridgehead atoms.